The summed E-state index contributed by atoms with van der Waals surface area (Å²) in [4.78, 5) is 29.9. The fraction of sp³-hybridized carbons (Fsp3) is 0.310. The lowest BCUT2D eigenvalue weighted by Gasteiger charge is -2.31. The molecule has 0 aromatic heterocycles. The Morgan fingerprint density at radius 3 is 2.23 bits per heavy atom. The molecule has 6 heteroatoms. The van der Waals surface area contributed by atoms with Gasteiger partial charge in [0.1, 0.15) is 6.04 Å². The minimum absolute atomic E-state index is 0.0112. The highest BCUT2D eigenvalue weighted by Gasteiger charge is 2.30. The van der Waals surface area contributed by atoms with E-state index in [0.29, 0.717) is 31.7 Å². The second-order valence-electron chi connectivity index (χ2n) is 8.41. The fourth-order valence-electron chi connectivity index (χ4n) is 3.76. The minimum Gasteiger partial charge on any atom is -0.354 e. The van der Waals surface area contributed by atoms with Gasteiger partial charge in [0.05, 0.1) is 0 Å². The van der Waals surface area contributed by atoms with Crippen LogP contribution in [-0.4, -0.2) is 35.1 Å². The highest BCUT2D eigenvalue weighted by atomic mass is 79.9. The zero-order valence-corrected chi connectivity index (χ0v) is 22.6. The molecule has 3 aromatic rings. The van der Waals surface area contributed by atoms with Crippen LogP contribution in [0, 0.1) is 0 Å². The third-order valence-corrected chi connectivity index (χ3v) is 7.24. The predicted molar refractivity (Wildman–Crippen MR) is 148 cm³/mol. The van der Waals surface area contributed by atoms with Crippen LogP contribution in [0.3, 0.4) is 0 Å². The van der Waals surface area contributed by atoms with Crippen LogP contribution in [0.25, 0.3) is 0 Å². The second kappa shape index (κ2) is 14.7. The SMILES string of the molecule is CCCCNC(=O)C(Cc1ccccc1)N(Cc1ccc(Br)cc1)C(=O)CCSc1ccccc1. The van der Waals surface area contributed by atoms with E-state index in [2.05, 4.69) is 28.2 Å². The van der Waals surface area contributed by atoms with Crippen LogP contribution >= 0.6 is 27.7 Å². The van der Waals surface area contributed by atoms with Crippen LogP contribution in [0.5, 0.6) is 0 Å². The Balaban J connectivity index is 1.82. The second-order valence-corrected chi connectivity index (χ2v) is 10.5. The van der Waals surface area contributed by atoms with Crippen molar-refractivity contribution in [1.82, 2.24) is 10.2 Å². The lowest BCUT2D eigenvalue weighted by atomic mass is 10.0. The van der Waals surface area contributed by atoms with Crippen molar-refractivity contribution in [2.24, 2.45) is 0 Å². The van der Waals surface area contributed by atoms with Gasteiger partial charge in [0, 0.05) is 41.1 Å². The molecule has 35 heavy (non-hydrogen) atoms. The number of nitrogens with one attached hydrogen (secondary N) is 1. The number of thioether (sulfide) groups is 1. The summed E-state index contributed by atoms with van der Waals surface area (Å²) < 4.78 is 0.983. The lowest BCUT2D eigenvalue weighted by Crippen LogP contribution is -2.50. The first-order valence-corrected chi connectivity index (χ1v) is 13.9. The van der Waals surface area contributed by atoms with Gasteiger partial charge in [-0.1, -0.05) is 89.9 Å². The number of halogens is 1. The van der Waals surface area contributed by atoms with Crippen molar-refractivity contribution in [1.29, 1.82) is 0 Å². The van der Waals surface area contributed by atoms with Gasteiger partial charge in [-0.05, 0) is 41.8 Å². The maximum absolute atomic E-state index is 13.6. The Morgan fingerprint density at radius 2 is 1.57 bits per heavy atom. The number of benzene rings is 3. The van der Waals surface area contributed by atoms with E-state index in [1.165, 1.54) is 0 Å². The molecular weight excluding hydrogens is 520 g/mol. The number of amides is 2. The number of nitrogens with zero attached hydrogens (tertiary/aromatic N) is 1. The smallest absolute Gasteiger partial charge is 0.243 e. The molecule has 0 spiro atoms. The molecule has 0 radical (unpaired) electrons. The highest BCUT2D eigenvalue weighted by molar-refractivity contribution is 9.10. The Morgan fingerprint density at radius 1 is 0.914 bits per heavy atom. The summed E-state index contributed by atoms with van der Waals surface area (Å²) in [6.45, 7) is 3.10. The van der Waals surface area contributed by atoms with E-state index in [1.807, 2.05) is 84.9 Å². The van der Waals surface area contributed by atoms with Gasteiger partial charge in [0.2, 0.25) is 11.8 Å². The van der Waals surface area contributed by atoms with Crippen molar-refractivity contribution in [2.75, 3.05) is 12.3 Å². The molecule has 2 amide bonds. The number of carbonyl (C=O) groups is 2. The molecule has 3 rings (SSSR count). The largest absolute Gasteiger partial charge is 0.354 e. The number of rotatable bonds is 13. The molecule has 184 valence electrons. The first kappa shape index (κ1) is 27.0. The summed E-state index contributed by atoms with van der Waals surface area (Å²) in [5, 5.41) is 3.07. The maximum atomic E-state index is 13.6. The van der Waals surface area contributed by atoms with Crippen LogP contribution in [-0.2, 0) is 22.6 Å². The van der Waals surface area contributed by atoms with Crippen molar-refractivity contribution in [3.63, 3.8) is 0 Å². The zero-order chi connectivity index (χ0) is 24.9. The minimum atomic E-state index is -0.577. The number of unbranched alkanes of at least 4 members (excludes halogenated alkanes) is 1. The summed E-state index contributed by atoms with van der Waals surface area (Å²) in [6.07, 6.45) is 2.76. The van der Waals surface area contributed by atoms with E-state index in [4.69, 9.17) is 0 Å². The third-order valence-electron chi connectivity index (χ3n) is 5.69. The quantitative estimate of drug-likeness (QED) is 0.195. The zero-order valence-electron chi connectivity index (χ0n) is 20.2. The van der Waals surface area contributed by atoms with Crippen molar-refractivity contribution >= 4 is 39.5 Å². The molecule has 3 aromatic carbocycles. The van der Waals surface area contributed by atoms with Gasteiger partial charge in [0.25, 0.3) is 0 Å². The molecule has 0 fully saturated rings. The molecule has 4 nitrogen and oxygen atoms in total. The van der Waals surface area contributed by atoms with Crippen molar-refractivity contribution in [3.05, 3.63) is 101 Å². The Labute approximate surface area is 221 Å². The monoisotopic (exact) mass is 552 g/mol. The van der Waals surface area contributed by atoms with Gasteiger partial charge in [0.15, 0.2) is 0 Å². The number of carbonyl (C=O) groups excluding carboxylic acids is 2. The Bertz CT molecular complexity index is 1050. The van der Waals surface area contributed by atoms with Crippen molar-refractivity contribution in [3.8, 4) is 0 Å². The molecule has 0 saturated heterocycles. The van der Waals surface area contributed by atoms with E-state index in [0.717, 1.165) is 33.3 Å². The Kier molecular flexibility index (Phi) is 11.4. The molecule has 0 heterocycles. The summed E-state index contributed by atoms with van der Waals surface area (Å²) in [5.41, 5.74) is 2.03. The summed E-state index contributed by atoms with van der Waals surface area (Å²) in [7, 11) is 0. The third kappa shape index (κ3) is 9.19. The van der Waals surface area contributed by atoms with E-state index < -0.39 is 6.04 Å². The van der Waals surface area contributed by atoms with Crippen LogP contribution in [0.2, 0.25) is 0 Å². The van der Waals surface area contributed by atoms with Gasteiger partial charge in [-0.15, -0.1) is 11.8 Å². The first-order valence-electron chi connectivity index (χ1n) is 12.1. The van der Waals surface area contributed by atoms with E-state index in [9.17, 15) is 9.59 Å². The van der Waals surface area contributed by atoms with Crippen molar-refractivity contribution in [2.45, 2.75) is 50.1 Å². The van der Waals surface area contributed by atoms with Crippen molar-refractivity contribution < 1.29 is 9.59 Å². The molecule has 1 atom stereocenters. The predicted octanol–water partition coefficient (Wildman–Crippen LogP) is 6.49. The molecule has 0 saturated carbocycles. The molecule has 0 bridgehead atoms. The summed E-state index contributed by atoms with van der Waals surface area (Å²) in [5.74, 6) is 0.557. The van der Waals surface area contributed by atoms with Crippen LogP contribution in [0.4, 0.5) is 0 Å². The Hall–Kier alpha value is -2.57. The lowest BCUT2D eigenvalue weighted by molar-refractivity contribution is -0.141. The summed E-state index contributed by atoms with van der Waals surface area (Å²) >= 11 is 5.14. The standard InChI is InChI=1S/C29H33BrN2O2S/c1-2-3-19-31-29(34)27(21-23-10-6-4-7-11-23)32(22-24-14-16-25(30)17-15-24)28(33)18-20-35-26-12-8-5-9-13-26/h4-17,27H,2-3,18-22H2,1H3,(H,31,34). The number of hydrogen-bond donors (Lipinski definition) is 1. The maximum Gasteiger partial charge on any atom is 0.243 e. The summed E-state index contributed by atoms with van der Waals surface area (Å²) in [6, 6.07) is 27.4. The molecule has 1 N–H and O–H groups in total. The topological polar surface area (TPSA) is 49.4 Å². The van der Waals surface area contributed by atoms with Gasteiger partial charge in [-0.3, -0.25) is 9.59 Å². The number of hydrogen-bond acceptors (Lipinski definition) is 3. The van der Waals surface area contributed by atoms with Gasteiger partial charge in [-0.25, -0.2) is 0 Å². The average Bonchev–Trinajstić information content (AvgIpc) is 2.88. The highest BCUT2D eigenvalue weighted by Crippen LogP contribution is 2.21. The molecule has 0 aliphatic carbocycles. The van der Waals surface area contributed by atoms with E-state index >= 15 is 0 Å². The normalized spacial score (nSPS) is 11.6. The van der Waals surface area contributed by atoms with Crippen LogP contribution in [0.1, 0.15) is 37.3 Å². The van der Waals surface area contributed by atoms with Gasteiger partial charge < -0.3 is 10.2 Å². The first-order chi connectivity index (χ1) is 17.1. The van der Waals surface area contributed by atoms with Crippen LogP contribution in [0.15, 0.2) is 94.3 Å². The van der Waals surface area contributed by atoms with Gasteiger partial charge >= 0.3 is 0 Å². The molecule has 0 aliphatic rings. The van der Waals surface area contributed by atoms with Crippen LogP contribution < -0.4 is 5.32 Å². The molecule has 0 aliphatic heterocycles. The van der Waals surface area contributed by atoms with E-state index in [1.54, 1.807) is 16.7 Å². The van der Waals surface area contributed by atoms with Gasteiger partial charge in [-0.2, -0.15) is 0 Å². The average molecular weight is 554 g/mol. The molecular formula is C29H33BrN2O2S. The molecule has 1 unspecified atom stereocenters. The fourth-order valence-corrected chi connectivity index (χ4v) is 4.89. The van der Waals surface area contributed by atoms with E-state index in [-0.39, 0.29) is 11.8 Å².